The van der Waals surface area contributed by atoms with Gasteiger partial charge < -0.3 is 9.64 Å². The second-order valence-electron chi connectivity index (χ2n) is 5.16. The summed E-state index contributed by atoms with van der Waals surface area (Å²) in [4.78, 5) is 14.0. The number of carbonyl (C=O) groups excluding carboxylic acids is 1. The van der Waals surface area contributed by atoms with Gasteiger partial charge in [-0.1, -0.05) is 35.9 Å². The fraction of sp³-hybridized carbons (Fsp3) is 0.235. The lowest BCUT2D eigenvalue weighted by Gasteiger charge is -2.41. The highest BCUT2D eigenvalue weighted by Gasteiger charge is 2.33. The maximum absolute atomic E-state index is 13.0. The molecule has 1 aliphatic heterocycles. The molecule has 0 aliphatic carbocycles. The van der Waals surface area contributed by atoms with Crippen LogP contribution in [0.2, 0.25) is 5.02 Å². The first-order chi connectivity index (χ1) is 10.6. The molecule has 2 aromatic carbocycles. The summed E-state index contributed by atoms with van der Waals surface area (Å²) < 4.78 is 18.4. The summed E-state index contributed by atoms with van der Waals surface area (Å²) in [5.74, 6) is 0.125. The second-order valence-corrected chi connectivity index (χ2v) is 5.57. The van der Waals surface area contributed by atoms with Crippen molar-refractivity contribution in [2.75, 3.05) is 13.2 Å². The van der Waals surface area contributed by atoms with E-state index in [1.807, 2.05) is 0 Å². The van der Waals surface area contributed by atoms with E-state index in [0.29, 0.717) is 17.3 Å². The number of ether oxygens (including phenoxy) is 1. The molecule has 0 N–H and O–H groups in total. The third-order valence-corrected chi connectivity index (χ3v) is 4.09. The number of rotatable bonds is 4. The van der Waals surface area contributed by atoms with Gasteiger partial charge in [0, 0.05) is 6.54 Å². The lowest BCUT2D eigenvalue weighted by molar-refractivity contribution is -0.141. The van der Waals surface area contributed by atoms with Gasteiger partial charge in [-0.05, 0) is 36.2 Å². The molecule has 1 amide bonds. The molecule has 0 bridgehead atoms. The van der Waals surface area contributed by atoms with Crippen LogP contribution in [0.5, 0.6) is 5.75 Å². The SMILES string of the molecule is O=C(COc1ccccc1Cl)N1CC[C@@H]1c1ccc(F)cc1. The molecule has 1 fully saturated rings. The topological polar surface area (TPSA) is 29.5 Å². The zero-order valence-electron chi connectivity index (χ0n) is 11.8. The Kier molecular flexibility index (Phi) is 4.29. The Morgan fingerprint density at radius 3 is 2.59 bits per heavy atom. The van der Waals surface area contributed by atoms with Crippen LogP contribution in [0.4, 0.5) is 4.39 Å². The van der Waals surface area contributed by atoms with Crippen molar-refractivity contribution in [3.05, 3.63) is 64.9 Å². The van der Waals surface area contributed by atoms with E-state index in [1.165, 1.54) is 12.1 Å². The monoisotopic (exact) mass is 319 g/mol. The van der Waals surface area contributed by atoms with Gasteiger partial charge in [0.1, 0.15) is 11.6 Å². The second kappa shape index (κ2) is 6.36. The summed E-state index contributed by atoms with van der Waals surface area (Å²) in [5.41, 5.74) is 0.943. The number of nitrogens with zero attached hydrogens (tertiary/aromatic N) is 1. The van der Waals surface area contributed by atoms with Crippen LogP contribution in [-0.2, 0) is 4.79 Å². The largest absolute Gasteiger partial charge is 0.482 e. The number of amides is 1. The van der Waals surface area contributed by atoms with E-state index in [9.17, 15) is 9.18 Å². The molecule has 3 rings (SSSR count). The first-order valence-corrected chi connectivity index (χ1v) is 7.45. The number of halogens is 2. The fourth-order valence-corrected chi connectivity index (χ4v) is 2.69. The summed E-state index contributed by atoms with van der Waals surface area (Å²) in [6.07, 6.45) is 0.878. The Morgan fingerprint density at radius 2 is 1.95 bits per heavy atom. The third-order valence-electron chi connectivity index (χ3n) is 3.78. The number of likely N-dealkylation sites (tertiary alicyclic amines) is 1. The average Bonchev–Trinajstić information content (AvgIpc) is 2.47. The highest BCUT2D eigenvalue weighted by atomic mass is 35.5. The highest BCUT2D eigenvalue weighted by molar-refractivity contribution is 6.32. The summed E-state index contributed by atoms with van der Waals surface area (Å²) >= 11 is 5.99. The first-order valence-electron chi connectivity index (χ1n) is 7.07. The van der Waals surface area contributed by atoms with Gasteiger partial charge in [-0.25, -0.2) is 4.39 Å². The van der Waals surface area contributed by atoms with E-state index in [2.05, 4.69) is 0 Å². The van der Waals surface area contributed by atoms with Crippen LogP contribution in [-0.4, -0.2) is 24.0 Å². The van der Waals surface area contributed by atoms with Crippen molar-refractivity contribution in [2.24, 2.45) is 0 Å². The molecule has 1 atom stereocenters. The number of benzene rings is 2. The van der Waals surface area contributed by atoms with Gasteiger partial charge >= 0.3 is 0 Å². The standard InChI is InChI=1S/C17H15ClFNO2/c18-14-3-1-2-4-16(14)22-11-17(21)20-10-9-15(20)12-5-7-13(19)8-6-12/h1-8,15H,9-11H2/t15-/m1/s1. The van der Waals surface area contributed by atoms with E-state index >= 15 is 0 Å². The molecular formula is C17H15ClFNO2. The predicted octanol–water partition coefficient (Wildman–Crippen LogP) is 3.83. The van der Waals surface area contributed by atoms with Crippen molar-refractivity contribution in [3.63, 3.8) is 0 Å². The van der Waals surface area contributed by atoms with Crippen LogP contribution >= 0.6 is 11.6 Å². The summed E-state index contributed by atoms with van der Waals surface area (Å²) in [5, 5.41) is 0.481. The minimum absolute atomic E-state index is 0.00273. The van der Waals surface area contributed by atoms with E-state index < -0.39 is 0 Å². The molecule has 5 heteroatoms. The summed E-state index contributed by atoms with van der Waals surface area (Å²) in [7, 11) is 0. The molecule has 1 heterocycles. The summed E-state index contributed by atoms with van der Waals surface area (Å²) in [6.45, 7) is 0.633. The smallest absolute Gasteiger partial charge is 0.261 e. The molecule has 22 heavy (non-hydrogen) atoms. The normalized spacial score (nSPS) is 17.0. The van der Waals surface area contributed by atoms with Crippen molar-refractivity contribution in [2.45, 2.75) is 12.5 Å². The fourth-order valence-electron chi connectivity index (χ4n) is 2.50. The Bertz CT molecular complexity index is 675. The van der Waals surface area contributed by atoms with E-state index in [0.717, 1.165) is 12.0 Å². The Labute approximate surface area is 133 Å². The minimum atomic E-state index is -0.275. The van der Waals surface area contributed by atoms with Crippen LogP contribution in [0.25, 0.3) is 0 Å². The van der Waals surface area contributed by atoms with Gasteiger partial charge in [-0.2, -0.15) is 0 Å². The molecule has 2 aromatic rings. The molecule has 1 aliphatic rings. The lowest BCUT2D eigenvalue weighted by Crippen LogP contribution is -2.47. The third kappa shape index (κ3) is 3.07. The van der Waals surface area contributed by atoms with Crippen LogP contribution < -0.4 is 4.74 Å². The Hall–Kier alpha value is -2.07. The molecule has 114 valence electrons. The zero-order chi connectivity index (χ0) is 15.5. The molecule has 1 saturated heterocycles. The van der Waals surface area contributed by atoms with Crippen LogP contribution in [0, 0.1) is 5.82 Å². The highest BCUT2D eigenvalue weighted by Crippen LogP contribution is 2.33. The van der Waals surface area contributed by atoms with Crippen LogP contribution in [0.15, 0.2) is 48.5 Å². The maximum Gasteiger partial charge on any atom is 0.261 e. The average molecular weight is 320 g/mol. The molecule has 0 saturated carbocycles. The first kappa shape index (κ1) is 14.9. The summed E-state index contributed by atoms with van der Waals surface area (Å²) in [6, 6.07) is 13.3. The van der Waals surface area contributed by atoms with E-state index in [-0.39, 0.29) is 24.4 Å². The number of hydrogen-bond donors (Lipinski definition) is 0. The quantitative estimate of drug-likeness (QED) is 0.857. The Morgan fingerprint density at radius 1 is 1.23 bits per heavy atom. The van der Waals surface area contributed by atoms with Gasteiger partial charge in [0.2, 0.25) is 0 Å². The molecule has 3 nitrogen and oxygen atoms in total. The van der Waals surface area contributed by atoms with Crippen molar-refractivity contribution in [1.29, 1.82) is 0 Å². The molecule has 0 radical (unpaired) electrons. The molecule has 0 aromatic heterocycles. The van der Waals surface area contributed by atoms with Gasteiger partial charge in [-0.15, -0.1) is 0 Å². The van der Waals surface area contributed by atoms with Crippen molar-refractivity contribution in [3.8, 4) is 5.75 Å². The molecule has 0 spiro atoms. The van der Waals surface area contributed by atoms with Gasteiger partial charge in [0.25, 0.3) is 5.91 Å². The van der Waals surface area contributed by atoms with Gasteiger partial charge in [-0.3, -0.25) is 4.79 Å². The van der Waals surface area contributed by atoms with Crippen molar-refractivity contribution in [1.82, 2.24) is 4.90 Å². The molecular weight excluding hydrogens is 305 g/mol. The van der Waals surface area contributed by atoms with Crippen LogP contribution in [0.3, 0.4) is 0 Å². The lowest BCUT2D eigenvalue weighted by atomic mass is 9.94. The number of para-hydroxylation sites is 1. The van der Waals surface area contributed by atoms with E-state index in [4.69, 9.17) is 16.3 Å². The predicted molar refractivity (Wildman–Crippen MR) is 82.4 cm³/mol. The van der Waals surface area contributed by atoms with E-state index in [1.54, 1.807) is 41.3 Å². The maximum atomic E-state index is 13.0. The minimum Gasteiger partial charge on any atom is -0.482 e. The van der Waals surface area contributed by atoms with Crippen molar-refractivity contribution < 1.29 is 13.9 Å². The van der Waals surface area contributed by atoms with Gasteiger partial charge in [0.05, 0.1) is 11.1 Å². The van der Waals surface area contributed by atoms with Crippen molar-refractivity contribution >= 4 is 17.5 Å². The van der Waals surface area contributed by atoms with Gasteiger partial charge in [0.15, 0.2) is 6.61 Å². The molecule has 0 unspecified atom stereocenters. The Balaban J connectivity index is 1.61. The number of carbonyl (C=O) groups is 1. The zero-order valence-corrected chi connectivity index (χ0v) is 12.6. The number of hydrogen-bond acceptors (Lipinski definition) is 2. The van der Waals surface area contributed by atoms with Crippen LogP contribution in [0.1, 0.15) is 18.0 Å².